The van der Waals surface area contributed by atoms with Crippen molar-refractivity contribution in [3.05, 3.63) is 34.3 Å². The maximum atomic E-state index is 12.7. The van der Waals surface area contributed by atoms with Gasteiger partial charge in [0.1, 0.15) is 6.04 Å². The molecule has 7 heteroatoms. The van der Waals surface area contributed by atoms with E-state index in [0.717, 1.165) is 35.9 Å². The number of amides is 2. The highest BCUT2D eigenvalue weighted by molar-refractivity contribution is 9.10. The van der Waals surface area contributed by atoms with Gasteiger partial charge in [0.2, 0.25) is 5.91 Å². The van der Waals surface area contributed by atoms with E-state index >= 15 is 0 Å². The Morgan fingerprint density at radius 2 is 2.00 bits per heavy atom. The minimum atomic E-state index is -0.489. The lowest BCUT2D eigenvalue weighted by atomic mass is 9.83. The fourth-order valence-corrected chi connectivity index (χ4v) is 3.99. The molecule has 1 aliphatic rings. The van der Waals surface area contributed by atoms with Crippen molar-refractivity contribution in [3.63, 3.8) is 0 Å². The van der Waals surface area contributed by atoms with Gasteiger partial charge in [-0.3, -0.25) is 9.59 Å². The van der Waals surface area contributed by atoms with Crippen LogP contribution in [0.15, 0.2) is 28.7 Å². The third kappa shape index (κ3) is 6.03. The Morgan fingerprint density at radius 3 is 2.65 bits per heavy atom. The molecular weight excluding hydrogens is 414 g/mol. The molecule has 2 amide bonds. The minimum absolute atomic E-state index is 0.131. The molecule has 1 fully saturated rings. The molecule has 1 saturated carbocycles. The summed E-state index contributed by atoms with van der Waals surface area (Å²) < 4.78 is 0.913. The maximum Gasteiger partial charge on any atom is 0.251 e. The van der Waals surface area contributed by atoms with Crippen LogP contribution in [0, 0.1) is 17.2 Å². The molecule has 2 rings (SSSR count). The molecule has 3 atom stereocenters. The average Bonchev–Trinajstić information content (AvgIpc) is 2.65. The van der Waals surface area contributed by atoms with Gasteiger partial charge in [-0.1, -0.05) is 35.7 Å². The highest BCUT2D eigenvalue weighted by atomic mass is 79.9. The van der Waals surface area contributed by atoms with Crippen molar-refractivity contribution in [2.75, 3.05) is 11.5 Å². The standard InChI is InChI=1S/C19H24BrN3O2S/c1-2-26-12-15(11-21)22-19(25)16-5-3-4-6-17(16)23-18(24)13-7-9-14(20)10-8-13/h7-10,15-17H,2-6,12H2,1H3,(H,22,25)(H,23,24)/t15-,16?,17?/m1/s1. The lowest BCUT2D eigenvalue weighted by Crippen LogP contribution is -2.50. The van der Waals surface area contributed by atoms with Crippen LogP contribution in [0.1, 0.15) is 43.0 Å². The Balaban J connectivity index is 1.99. The lowest BCUT2D eigenvalue weighted by Gasteiger charge is -2.31. The second kappa shape index (κ2) is 10.6. The van der Waals surface area contributed by atoms with E-state index in [9.17, 15) is 14.9 Å². The number of rotatable bonds is 7. The fraction of sp³-hybridized carbons (Fsp3) is 0.526. The van der Waals surface area contributed by atoms with Crippen molar-refractivity contribution in [2.45, 2.75) is 44.7 Å². The zero-order valence-corrected chi connectivity index (χ0v) is 17.2. The predicted molar refractivity (Wildman–Crippen MR) is 108 cm³/mol. The van der Waals surface area contributed by atoms with Gasteiger partial charge in [0.15, 0.2) is 0 Å². The first-order valence-electron chi connectivity index (χ1n) is 8.89. The van der Waals surface area contributed by atoms with Crippen molar-refractivity contribution >= 4 is 39.5 Å². The summed E-state index contributed by atoms with van der Waals surface area (Å²) in [4.78, 5) is 25.2. The van der Waals surface area contributed by atoms with Crippen molar-refractivity contribution in [3.8, 4) is 6.07 Å². The summed E-state index contributed by atoms with van der Waals surface area (Å²) in [7, 11) is 0. The Labute approximate surface area is 167 Å². The summed E-state index contributed by atoms with van der Waals surface area (Å²) in [6, 6.07) is 8.62. The predicted octanol–water partition coefficient (Wildman–Crippen LogP) is 3.50. The molecule has 0 bridgehead atoms. The Bertz CT molecular complexity index is 660. The first kappa shape index (κ1) is 20.8. The third-order valence-electron chi connectivity index (χ3n) is 4.49. The molecule has 1 aromatic carbocycles. The SMILES string of the molecule is CCSC[C@@H](C#N)NC(=O)C1CCCCC1NC(=O)c1ccc(Br)cc1. The zero-order valence-electron chi connectivity index (χ0n) is 14.8. The van der Waals surface area contributed by atoms with Gasteiger partial charge < -0.3 is 10.6 Å². The number of carbonyl (C=O) groups excluding carboxylic acids is 2. The molecule has 2 N–H and O–H groups in total. The van der Waals surface area contributed by atoms with Gasteiger partial charge in [-0.2, -0.15) is 17.0 Å². The minimum Gasteiger partial charge on any atom is -0.349 e. The Kier molecular flexibility index (Phi) is 8.46. The molecule has 1 aliphatic carbocycles. The van der Waals surface area contributed by atoms with Gasteiger partial charge in [-0.15, -0.1) is 0 Å². The summed E-state index contributed by atoms with van der Waals surface area (Å²) >= 11 is 4.98. The Morgan fingerprint density at radius 1 is 1.31 bits per heavy atom. The molecule has 0 heterocycles. The lowest BCUT2D eigenvalue weighted by molar-refractivity contribution is -0.126. The first-order valence-corrected chi connectivity index (χ1v) is 10.8. The van der Waals surface area contributed by atoms with E-state index in [4.69, 9.17) is 0 Å². The van der Waals surface area contributed by atoms with Gasteiger partial charge in [0.25, 0.3) is 5.91 Å². The van der Waals surface area contributed by atoms with Crippen LogP contribution in [0.5, 0.6) is 0 Å². The van der Waals surface area contributed by atoms with Gasteiger partial charge in [-0.25, -0.2) is 0 Å². The number of benzene rings is 1. The molecule has 26 heavy (non-hydrogen) atoms. The summed E-state index contributed by atoms with van der Waals surface area (Å²) in [6.45, 7) is 2.02. The van der Waals surface area contributed by atoms with E-state index in [1.54, 1.807) is 23.9 Å². The highest BCUT2D eigenvalue weighted by Crippen LogP contribution is 2.25. The number of nitrogens with zero attached hydrogens (tertiary/aromatic N) is 1. The number of hydrogen-bond acceptors (Lipinski definition) is 4. The largest absolute Gasteiger partial charge is 0.349 e. The third-order valence-corrected chi connectivity index (χ3v) is 5.99. The molecule has 2 unspecified atom stereocenters. The van der Waals surface area contributed by atoms with Crippen LogP contribution in [0.25, 0.3) is 0 Å². The molecule has 0 radical (unpaired) electrons. The van der Waals surface area contributed by atoms with Gasteiger partial charge in [0.05, 0.1) is 12.0 Å². The van der Waals surface area contributed by atoms with Gasteiger partial charge >= 0.3 is 0 Å². The van der Waals surface area contributed by atoms with E-state index in [-0.39, 0.29) is 23.8 Å². The molecule has 0 aromatic heterocycles. The monoisotopic (exact) mass is 437 g/mol. The van der Waals surface area contributed by atoms with Crippen LogP contribution < -0.4 is 10.6 Å². The van der Waals surface area contributed by atoms with Crippen LogP contribution in [-0.2, 0) is 4.79 Å². The normalized spacial score (nSPS) is 20.7. The smallest absolute Gasteiger partial charge is 0.251 e. The van der Waals surface area contributed by atoms with E-state index in [0.29, 0.717) is 11.3 Å². The van der Waals surface area contributed by atoms with Crippen LogP contribution in [0.2, 0.25) is 0 Å². The topological polar surface area (TPSA) is 82.0 Å². The van der Waals surface area contributed by atoms with E-state index in [1.165, 1.54) is 0 Å². The van der Waals surface area contributed by atoms with Crippen molar-refractivity contribution in [1.29, 1.82) is 5.26 Å². The van der Waals surface area contributed by atoms with Crippen LogP contribution in [0.4, 0.5) is 0 Å². The molecule has 0 saturated heterocycles. The molecule has 0 aliphatic heterocycles. The van der Waals surface area contributed by atoms with Crippen molar-refractivity contribution in [1.82, 2.24) is 10.6 Å². The van der Waals surface area contributed by atoms with E-state index in [2.05, 4.69) is 32.6 Å². The quantitative estimate of drug-likeness (QED) is 0.683. The summed E-state index contributed by atoms with van der Waals surface area (Å²) in [6.07, 6.45) is 3.46. The number of hydrogen-bond donors (Lipinski definition) is 2. The molecule has 5 nitrogen and oxygen atoms in total. The van der Waals surface area contributed by atoms with Crippen LogP contribution >= 0.6 is 27.7 Å². The van der Waals surface area contributed by atoms with Gasteiger partial charge in [-0.05, 0) is 42.9 Å². The second-order valence-corrected chi connectivity index (χ2v) is 8.56. The molecule has 0 spiro atoms. The fourth-order valence-electron chi connectivity index (χ4n) is 3.10. The number of thioether (sulfide) groups is 1. The van der Waals surface area contributed by atoms with Crippen molar-refractivity contribution < 1.29 is 9.59 Å². The van der Waals surface area contributed by atoms with Gasteiger partial charge in [0, 0.05) is 21.8 Å². The van der Waals surface area contributed by atoms with E-state index < -0.39 is 6.04 Å². The first-order chi connectivity index (χ1) is 12.5. The van der Waals surface area contributed by atoms with E-state index in [1.807, 2.05) is 19.1 Å². The summed E-state index contributed by atoms with van der Waals surface area (Å²) in [5, 5.41) is 15.1. The number of nitriles is 1. The highest BCUT2D eigenvalue weighted by Gasteiger charge is 2.33. The number of carbonyl (C=O) groups is 2. The summed E-state index contributed by atoms with van der Waals surface area (Å²) in [5.74, 6) is 0.908. The second-order valence-electron chi connectivity index (χ2n) is 6.33. The average molecular weight is 438 g/mol. The van der Waals surface area contributed by atoms with Crippen LogP contribution in [0.3, 0.4) is 0 Å². The van der Waals surface area contributed by atoms with Crippen molar-refractivity contribution in [2.24, 2.45) is 5.92 Å². The number of nitrogens with one attached hydrogen (secondary N) is 2. The molecule has 1 aromatic rings. The Hall–Kier alpha value is -1.52. The maximum absolute atomic E-state index is 12.7. The molecular formula is C19H24BrN3O2S. The molecule has 140 valence electrons. The van der Waals surface area contributed by atoms with Crippen LogP contribution in [-0.4, -0.2) is 35.4 Å². The summed E-state index contributed by atoms with van der Waals surface area (Å²) in [5.41, 5.74) is 0.576. The zero-order chi connectivity index (χ0) is 18.9. The number of halogens is 1.